The van der Waals surface area contributed by atoms with Gasteiger partial charge < -0.3 is 4.90 Å². The molecule has 0 spiro atoms. The van der Waals surface area contributed by atoms with Crippen LogP contribution in [0.15, 0.2) is 11.5 Å². The molecule has 0 saturated carbocycles. The molecule has 1 heterocycles. The molecule has 0 N–H and O–H groups in total. The van der Waals surface area contributed by atoms with Crippen molar-refractivity contribution in [1.82, 2.24) is 24.0 Å². The van der Waals surface area contributed by atoms with Crippen molar-refractivity contribution < 1.29 is 13.2 Å². The van der Waals surface area contributed by atoms with E-state index in [0.29, 0.717) is 26.2 Å². The predicted octanol–water partition coefficient (Wildman–Crippen LogP) is 2.18. The van der Waals surface area contributed by atoms with Gasteiger partial charge in [0.25, 0.3) is 15.2 Å². The first kappa shape index (κ1) is 20.6. The Morgan fingerprint density at radius 3 is 2.08 bits per heavy atom. The number of carbonyl (C=O) groups is 1. The van der Waals surface area contributed by atoms with Crippen molar-refractivity contribution >= 4 is 16.1 Å². The summed E-state index contributed by atoms with van der Waals surface area (Å²) in [6, 6.07) is -0.373. The first-order chi connectivity index (χ1) is 11.4. The van der Waals surface area contributed by atoms with Gasteiger partial charge in [-0.2, -0.15) is 8.99 Å². The number of sulfonamides is 1. The normalized spacial score (nSPS) is 11.9. The summed E-state index contributed by atoms with van der Waals surface area (Å²) < 4.78 is 27.9. The Bertz CT molecular complexity index is 602. The molecule has 0 aliphatic carbocycles. The van der Waals surface area contributed by atoms with Gasteiger partial charge in [-0.1, -0.05) is 26.7 Å². The van der Waals surface area contributed by atoms with Crippen molar-refractivity contribution in [3.8, 4) is 0 Å². The molecular formula is C15H29N5O3S. The lowest BCUT2D eigenvalue weighted by Gasteiger charge is -2.20. The van der Waals surface area contributed by atoms with Gasteiger partial charge in [0.2, 0.25) is 0 Å². The van der Waals surface area contributed by atoms with Crippen molar-refractivity contribution in [3.63, 3.8) is 0 Å². The molecular weight excluding hydrogens is 330 g/mol. The molecule has 24 heavy (non-hydrogen) atoms. The van der Waals surface area contributed by atoms with Gasteiger partial charge in [-0.3, -0.25) is 0 Å². The van der Waals surface area contributed by atoms with Gasteiger partial charge in [-0.15, -0.1) is 5.10 Å². The number of aromatic nitrogens is 3. The number of rotatable bonds is 10. The zero-order chi connectivity index (χ0) is 18.2. The smallest absolute Gasteiger partial charge is 0.323 e. The van der Waals surface area contributed by atoms with Crippen LogP contribution in [0, 0.1) is 0 Å². The van der Waals surface area contributed by atoms with Crippen LogP contribution in [0.25, 0.3) is 0 Å². The van der Waals surface area contributed by atoms with Crippen LogP contribution >= 0.6 is 0 Å². The first-order valence-corrected chi connectivity index (χ1v) is 10.1. The van der Waals surface area contributed by atoms with Crippen molar-refractivity contribution in [2.45, 2.75) is 58.5 Å². The van der Waals surface area contributed by atoms with Gasteiger partial charge >= 0.3 is 6.03 Å². The highest BCUT2D eigenvalue weighted by atomic mass is 32.2. The monoisotopic (exact) mass is 359 g/mol. The molecule has 0 saturated heterocycles. The molecule has 0 unspecified atom stereocenters. The Morgan fingerprint density at radius 1 is 1.08 bits per heavy atom. The van der Waals surface area contributed by atoms with Gasteiger partial charge in [0.05, 0.1) is 0 Å². The molecule has 0 aromatic carbocycles. The maximum Gasteiger partial charge on any atom is 0.346 e. The molecule has 9 heteroatoms. The van der Waals surface area contributed by atoms with Crippen LogP contribution in [0.2, 0.25) is 0 Å². The van der Waals surface area contributed by atoms with Crippen LogP contribution < -0.4 is 0 Å². The second kappa shape index (κ2) is 9.73. The van der Waals surface area contributed by atoms with E-state index in [2.05, 4.69) is 10.1 Å². The third-order valence-electron chi connectivity index (χ3n) is 3.79. The van der Waals surface area contributed by atoms with Crippen molar-refractivity contribution in [2.24, 2.45) is 0 Å². The zero-order valence-electron chi connectivity index (χ0n) is 15.1. The maximum absolute atomic E-state index is 12.8. The number of nitrogens with zero attached hydrogens (tertiary/aromatic N) is 5. The standard InChI is InChI=1S/C15H29N5O3S/c1-5-9-11-19(12-10-6-2)24(22,23)14-16-13-20(17-14)15(21)18(7-3)8-4/h13H,5-12H2,1-4H3. The van der Waals surface area contributed by atoms with Gasteiger partial charge in [-0.05, 0) is 26.7 Å². The van der Waals surface area contributed by atoms with Crippen LogP contribution in [0.5, 0.6) is 0 Å². The minimum atomic E-state index is -3.78. The highest BCUT2D eigenvalue weighted by Gasteiger charge is 2.28. The summed E-state index contributed by atoms with van der Waals surface area (Å²) in [5, 5.41) is 3.61. The van der Waals surface area contributed by atoms with E-state index >= 15 is 0 Å². The largest absolute Gasteiger partial charge is 0.346 e. The van der Waals surface area contributed by atoms with Crippen LogP contribution in [-0.2, 0) is 10.0 Å². The molecule has 1 amide bonds. The van der Waals surface area contributed by atoms with E-state index in [-0.39, 0.29) is 11.2 Å². The Balaban J connectivity index is 3.02. The molecule has 1 aromatic rings. The lowest BCUT2D eigenvalue weighted by atomic mass is 10.3. The third kappa shape index (κ3) is 5.01. The van der Waals surface area contributed by atoms with Crippen LogP contribution in [0.3, 0.4) is 0 Å². The number of unbranched alkanes of at least 4 members (excludes halogenated alkanes) is 2. The number of carbonyl (C=O) groups excluding carboxylic acids is 1. The summed E-state index contributed by atoms with van der Waals surface area (Å²) in [4.78, 5) is 17.7. The fourth-order valence-electron chi connectivity index (χ4n) is 2.23. The molecule has 1 aromatic heterocycles. The molecule has 0 aliphatic rings. The second-order valence-electron chi connectivity index (χ2n) is 5.54. The number of hydrogen-bond donors (Lipinski definition) is 0. The molecule has 138 valence electrons. The quantitative estimate of drug-likeness (QED) is 0.639. The first-order valence-electron chi connectivity index (χ1n) is 8.63. The second-order valence-corrected chi connectivity index (χ2v) is 7.37. The Hall–Kier alpha value is -1.48. The molecule has 0 radical (unpaired) electrons. The van der Waals surface area contributed by atoms with E-state index in [1.54, 1.807) is 4.90 Å². The fourth-order valence-corrected chi connectivity index (χ4v) is 3.58. The number of amides is 1. The van der Waals surface area contributed by atoms with E-state index in [1.807, 2.05) is 27.7 Å². The average molecular weight is 359 g/mol. The molecule has 0 aliphatic heterocycles. The van der Waals surface area contributed by atoms with Gasteiger partial charge in [0.1, 0.15) is 6.33 Å². The summed E-state index contributed by atoms with van der Waals surface area (Å²) in [5.41, 5.74) is 0. The average Bonchev–Trinajstić information content (AvgIpc) is 3.06. The summed E-state index contributed by atoms with van der Waals surface area (Å²) in [5.74, 6) is 0. The fraction of sp³-hybridized carbons (Fsp3) is 0.800. The van der Waals surface area contributed by atoms with E-state index in [9.17, 15) is 13.2 Å². The maximum atomic E-state index is 12.8. The van der Waals surface area contributed by atoms with Crippen molar-refractivity contribution in [3.05, 3.63) is 6.33 Å². The molecule has 1 rings (SSSR count). The highest BCUT2D eigenvalue weighted by Crippen LogP contribution is 2.13. The van der Waals surface area contributed by atoms with Gasteiger partial charge in [-0.25, -0.2) is 18.2 Å². The van der Waals surface area contributed by atoms with Crippen molar-refractivity contribution in [2.75, 3.05) is 26.2 Å². The van der Waals surface area contributed by atoms with E-state index in [1.165, 1.54) is 10.6 Å². The zero-order valence-corrected chi connectivity index (χ0v) is 15.9. The Kier molecular flexibility index (Phi) is 8.34. The molecule has 0 bridgehead atoms. The molecule has 0 atom stereocenters. The lowest BCUT2D eigenvalue weighted by molar-refractivity contribution is 0.201. The minimum absolute atomic E-state index is 0.310. The summed E-state index contributed by atoms with van der Waals surface area (Å²) in [6.07, 6.45) is 4.54. The number of hydrogen-bond acceptors (Lipinski definition) is 5. The summed E-state index contributed by atoms with van der Waals surface area (Å²) in [7, 11) is -3.78. The van der Waals surface area contributed by atoms with E-state index in [0.717, 1.165) is 30.4 Å². The minimum Gasteiger partial charge on any atom is -0.323 e. The van der Waals surface area contributed by atoms with Gasteiger partial charge in [0.15, 0.2) is 0 Å². The SMILES string of the molecule is CCCCN(CCCC)S(=O)(=O)c1ncn(C(=O)N(CC)CC)n1. The molecule has 8 nitrogen and oxygen atoms in total. The highest BCUT2D eigenvalue weighted by molar-refractivity contribution is 7.88. The predicted molar refractivity (Wildman–Crippen MR) is 92.3 cm³/mol. The van der Waals surface area contributed by atoms with Crippen LogP contribution in [-0.4, -0.2) is 64.6 Å². The van der Waals surface area contributed by atoms with Crippen LogP contribution in [0.1, 0.15) is 53.4 Å². The van der Waals surface area contributed by atoms with Gasteiger partial charge in [0, 0.05) is 26.2 Å². The molecule has 0 fully saturated rings. The van der Waals surface area contributed by atoms with E-state index in [4.69, 9.17) is 0 Å². The Labute approximate surface area is 144 Å². The third-order valence-corrected chi connectivity index (χ3v) is 5.49. The summed E-state index contributed by atoms with van der Waals surface area (Å²) in [6.45, 7) is 9.67. The van der Waals surface area contributed by atoms with Crippen LogP contribution in [0.4, 0.5) is 4.79 Å². The van der Waals surface area contributed by atoms with E-state index < -0.39 is 10.0 Å². The van der Waals surface area contributed by atoms with Crippen molar-refractivity contribution in [1.29, 1.82) is 0 Å². The Morgan fingerprint density at radius 2 is 1.62 bits per heavy atom. The lowest BCUT2D eigenvalue weighted by Crippen LogP contribution is -2.36. The summed E-state index contributed by atoms with van der Waals surface area (Å²) >= 11 is 0. The topological polar surface area (TPSA) is 88.4 Å².